The second kappa shape index (κ2) is 4.12. The van der Waals surface area contributed by atoms with E-state index in [1.807, 2.05) is 13.8 Å². The zero-order chi connectivity index (χ0) is 13.9. The van der Waals surface area contributed by atoms with E-state index in [0.29, 0.717) is 12.0 Å². The summed E-state index contributed by atoms with van der Waals surface area (Å²) in [6, 6.07) is 0.486. The van der Waals surface area contributed by atoms with Crippen LogP contribution in [0.4, 0.5) is 0 Å². The van der Waals surface area contributed by atoms with Crippen LogP contribution in [0.25, 0.3) is 0 Å². The molecule has 4 bridgehead atoms. The number of hydrogen-bond donors (Lipinski definition) is 3. The Morgan fingerprint density at radius 2 is 1.70 bits per heavy atom. The van der Waals surface area contributed by atoms with Crippen LogP contribution in [0.2, 0.25) is 0 Å². The van der Waals surface area contributed by atoms with E-state index in [1.165, 1.54) is 32.1 Å². The van der Waals surface area contributed by atoms with Crippen molar-refractivity contribution in [2.75, 3.05) is 0 Å². The van der Waals surface area contributed by atoms with E-state index in [2.05, 4.69) is 15.6 Å². The van der Waals surface area contributed by atoms with Crippen LogP contribution in [0.3, 0.4) is 0 Å². The minimum Gasteiger partial charge on any atom is -0.370 e. The number of nitrogens with two attached hydrogens (primary N) is 1. The predicted octanol–water partition coefficient (Wildman–Crippen LogP) is 1.41. The lowest BCUT2D eigenvalue weighted by atomic mass is 9.54. The molecular formula is C15H25N5. The van der Waals surface area contributed by atoms with Crippen LogP contribution in [-0.4, -0.2) is 23.6 Å². The molecule has 0 spiro atoms. The van der Waals surface area contributed by atoms with Gasteiger partial charge >= 0.3 is 0 Å². The van der Waals surface area contributed by atoms with E-state index >= 15 is 0 Å². The number of guanidine groups is 2. The highest BCUT2D eigenvalue weighted by molar-refractivity contribution is 6.00. The van der Waals surface area contributed by atoms with Gasteiger partial charge in [-0.3, -0.25) is 5.32 Å². The highest BCUT2D eigenvalue weighted by Crippen LogP contribution is 2.54. The molecule has 4 N–H and O–H groups in total. The standard InChI is InChI=1S/C15H25N5/c1-15(2)19-13(16)18-14(20-15)17-12-10-4-8-3-9(6-10)7-11(12)5-8/h8-12H,3-7H2,1-2H3,(H4,16,17,18,19,20). The minimum atomic E-state index is -0.361. The quantitative estimate of drug-likeness (QED) is 0.677. The van der Waals surface area contributed by atoms with E-state index in [-0.39, 0.29) is 5.66 Å². The van der Waals surface area contributed by atoms with Gasteiger partial charge in [0.05, 0.1) is 6.04 Å². The normalized spacial score (nSPS) is 46.8. The summed E-state index contributed by atoms with van der Waals surface area (Å²) >= 11 is 0. The highest BCUT2D eigenvalue weighted by atomic mass is 15.4. The Bertz CT molecular complexity index is 451. The zero-order valence-electron chi connectivity index (χ0n) is 12.4. The van der Waals surface area contributed by atoms with Gasteiger partial charge in [-0.25, -0.2) is 9.98 Å². The number of aliphatic imine (C=N–C) groups is 2. The number of nitrogens with zero attached hydrogens (tertiary/aromatic N) is 2. The van der Waals surface area contributed by atoms with Gasteiger partial charge in [-0.15, -0.1) is 0 Å². The molecule has 4 saturated carbocycles. The fourth-order valence-electron chi connectivity index (χ4n) is 5.12. The van der Waals surface area contributed by atoms with Crippen molar-refractivity contribution in [2.24, 2.45) is 39.4 Å². The summed E-state index contributed by atoms with van der Waals surface area (Å²) < 4.78 is 0. The molecule has 0 atom stereocenters. The molecule has 0 aromatic heterocycles. The average Bonchev–Trinajstić information content (AvgIpc) is 2.30. The van der Waals surface area contributed by atoms with Crippen LogP contribution in [0, 0.1) is 23.7 Å². The second-order valence-electron chi connectivity index (χ2n) is 7.71. The van der Waals surface area contributed by atoms with Crippen molar-refractivity contribution < 1.29 is 0 Å². The van der Waals surface area contributed by atoms with E-state index in [4.69, 9.17) is 10.7 Å². The molecule has 0 aromatic rings. The topological polar surface area (TPSA) is 74.8 Å². The first-order chi connectivity index (χ1) is 9.48. The molecule has 1 aliphatic heterocycles. The van der Waals surface area contributed by atoms with Gasteiger partial charge in [0.1, 0.15) is 5.66 Å². The lowest BCUT2D eigenvalue weighted by Crippen LogP contribution is -2.59. The summed E-state index contributed by atoms with van der Waals surface area (Å²) in [5.74, 6) is 4.86. The van der Waals surface area contributed by atoms with Crippen molar-refractivity contribution in [3.63, 3.8) is 0 Å². The van der Waals surface area contributed by atoms with Gasteiger partial charge in [-0.05, 0) is 69.6 Å². The fourth-order valence-corrected chi connectivity index (χ4v) is 5.12. The van der Waals surface area contributed by atoms with Crippen molar-refractivity contribution >= 4 is 11.9 Å². The molecule has 4 aliphatic carbocycles. The molecular weight excluding hydrogens is 250 g/mol. The van der Waals surface area contributed by atoms with Gasteiger partial charge in [0, 0.05) is 0 Å². The summed E-state index contributed by atoms with van der Waals surface area (Å²) in [6.45, 7) is 4.04. The molecule has 0 saturated heterocycles. The third kappa shape index (κ3) is 2.07. The van der Waals surface area contributed by atoms with Crippen molar-refractivity contribution in [2.45, 2.75) is 57.7 Å². The number of rotatable bonds is 1. The summed E-state index contributed by atoms with van der Waals surface area (Å²) in [7, 11) is 0. The van der Waals surface area contributed by atoms with Crippen LogP contribution >= 0.6 is 0 Å². The molecule has 1 heterocycles. The molecule has 110 valence electrons. The molecule has 20 heavy (non-hydrogen) atoms. The second-order valence-corrected chi connectivity index (χ2v) is 7.71. The lowest BCUT2D eigenvalue weighted by molar-refractivity contribution is 0.00100. The van der Waals surface area contributed by atoms with Gasteiger partial charge < -0.3 is 11.1 Å². The Morgan fingerprint density at radius 1 is 1.10 bits per heavy atom. The van der Waals surface area contributed by atoms with Crippen molar-refractivity contribution in [3.05, 3.63) is 0 Å². The van der Waals surface area contributed by atoms with E-state index in [9.17, 15) is 0 Å². The Kier molecular flexibility index (Phi) is 2.57. The maximum atomic E-state index is 5.87. The summed E-state index contributed by atoms with van der Waals surface area (Å²) in [6.07, 6.45) is 7.05. The van der Waals surface area contributed by atoms with Crippen LogP contribution in [0.1, 0.15) is 46.0 Å². The summed E-state index contributed by atoms with van der Waals surface area (Å²) in [4.78, 5) is 9.35. The van der Waals surface area contributed by atoms with Crippen LogP contribution in [0.5, 0.6) is 0 Å². The van der Waals surface area contributed by atoms with Crippen LogP contribution in [0.15, 0.2) is 9.98 Å². The Morgan fingerprint density at radius 3 is 2.25 bits per heavy atom. The molecule has 0 unspecified atom stereocenters. The van der Waals surface area contributed by atoms with Gasteiger partial charge in [0.2, 0.25) is 0 Å². The smallest absolute Gasteiger partial charge is 0.200 e. The fraction of sp³-hybridized carbons (Fsp3) is 0.867. The van der Waals surface area contributed by atoms with Gasteiger partial charge in [0.25, 0.3) is 0 Å². The molecule has 0 amide bonds. The summed E-state index contributed by atoms with van der Waals surface area (Å²) in [5, 5.41) is 6.45. The molecule has 5 nitrogen and oxygen atoms in total. The van der Waals surface area contributed by atoms with Crippen LogP contribution < -0.4 is 16.4 Å². The third-order valence-electron chi connectivity index (χ3n) is 5.53. The Hall–Kier alpha value is -1.26. The predicted molar refractivity (Wildman–Crippen MR) is 80.2 cm³/mol. The van der Waals surface area contributed by atoms with Crippen molar-refractivity contribution in [3.8, 4) is 0 Å². The summed E-state index contributed by atoms with van der Waals surface area (Å²) in [5.41, 5.74) is 5.51. The van der Waals surface area contributed by atoms with Gasteiger partial charge in [-0.1, -0.05) is 0 Å². The lowest BCUT2D eigenvalue weighted by Gasteiger charge is -2.53. The van der Waals surface area contributed by atoms with Gasteiger partial charge in [-0.2, -0.15) is 0 Å². The molecule has 5 aliphatic rings. The van der Waals surface area contributed by atoms with Crippen molar-refractivity contribution in [1.29, 1.82) is 0 Å². The van der Waals surface area contributed by atoms with E-state index in [0.717, 1.165) is 29.6 Å². The molecule has 4 fully saturated rings. The number of hydrogen-bond acceptors (Lipinski definition) is 3. The molecule has 5 heteroatoms. The monoisotopic (exact) mass is 275 g/mol. The minimum absolute atomic E-state index is 0.361. The third-order valence-corrected chi connectivity index (χ3v) is 5.53. The zero-order valence-corrected chi connectivity index (χ0v) is 12.4. The first kappa shape index (κ1) is 12.5. The van der Waals surface area contributed by atoms with E-state index in [1.54, 1.807) is 0 Å². The highest BCUT2D eigenvalue weighted by Gasteiger charge is 2.48. The SMILES string of the molecule is CC1(C)N=C(N)NC(=NC2C3CC4CC(C3)CC2C4)N1. The van der Waals surface area contributed by atoms with Crippen LogP contribution in [-0.2, 0) is 0 Å². The molecule has 0 aromatic carbocycles. The molecule has 5 rings (SSSR count). The van der Waals surface area contributed by atoms with E-state index < -0.39 is 0 Å². The Labute approximate surface area is 120 Å². The first-order valence-electron chi connectivity index (χ1n) is 7.97. The largest absolute Gasteiger partial charge is 0.370 e. The average molecular weight is 275 g/mol. The number of nitrogens with one attached hydrogen (secondary N) is 2. The first-order valence-corrected chi connectivity index (χ1v) is 7.97. The van der Waals surface area contributed by atoms with Gasteiger partial charge in [0.15, 0.2) is 11.9 Å². The Balaban J connectivity index is 1.57. The maximum Gasteiger partial charge on any atom is 0.200 e. The molecule has 0 radical (unpaired) electrons. The maximum absolute atomic E-state index is 5.87. The van der Waals surface area contributed by atoms with Crippen molar-refractivity contribution in [1.82, 2.24) is 10.6 Å².